The minimum atomic E-state index is -1.16. The Morgan fingerprint density at radius 1 is 1.09 bits per heavy atom. The number of hydrogen-bond acceptors (Lipinski definition) is 6. The quantitative estimate of drug-likeness (QED) is 0.474. The van der Waals surface area contributed by atoms with E-state index in [9.17, 15) is 9.50 Å². The molecular formula is C25H30FN3O4. The van der Waals surface area contributed by atoms with Gasteiger partial charge in [-0.3, -0.25) is 9.58 Å². The first-order chi connectivity index (χ1) is 16.1. The highest BCUT2D eigenvalue weighted by Crippen LogP contribution is 2.20. The summed E-state index contributed by atoms with van der Waals surface area (Å²) in [6.45, 7) is 3.98. The van der Waals surface area contributed by atoms with Crippen LogP contribution >= 0.6 is 0 Å². The van der Waals surface area contributed by atoms with E-state index in [1.165, 1.54) is 12.1 Å². The Labute approximate surface area is 193 Å². The molecule has 2 aromatic carbocycles. The summed E-state index contributed by atoms with van der Waals surface area (Å²) in [7, 11) is 0. The Morgan fingerprint density at radius 3 is 2.79 bits per heavy atom. The van der Waals surface area contributed by atoms with Gasteiger partial charge in [0.25, 0.3) is 0 Å². The number of hydrogen-bond donors (Lipinski definition) is 1. The van der Waals surface area contributed by atoms with Crippen LogP contribution in [0.3, 0.4) is 0 Å². The molecule has 1 atom stereocenters. The maximum atomic E-state index is 13.1. The van der Waals surface area contributed by atoms with Crippen LogP contribution in [-0.4, -0.2) is 64.9 Å². The Hall–Kier alpha value is -2.94. The summed E-state index contributed by atoms with van der Waals surface area (Å²) in [5, 5.41) is 15.3. The molecule has 1 fully saturated rings. The second-order valence-corrected chi connectivity index (χ2v) is 8.35. The molecule has 0 unspecified atom stereocenters. The van der Waals surface area contributed by atoms with Gasteiger partial charge in [-0.05, 0) is 48.0 Å². The molecule has 0 aliphatic carbocycles. The van der Waals surface area contributed by atoms with Crippen LogP contribution in [0.4, 0.5) is 4.39 Å². The number of nitrogens with zero attached hydrogens (tertiary/aromatic N) is 3. The van der Waals surface area contributed by atoms with Crippen molar-refractivity contribution < 1.29 is 23.7 Å². The highest BCUT2D eigenvalue weighted by molar-refractivity contribution is 5.28. The molecule has 0 saturated carbocycles. The first-order valence-corrected chi connectivity index (χ1v) is 11.2. The van der Waals surface area contributed by atoms with E-state index in [0.717, 1.165) is 24.3 Å². The first-order valence-electron chi connectivity index (χ1n) is 11.2. The number of β-amino-alcohol motifs (C(OH)–C–C–N with tert-alkyl or cyclic N) is 1. The molecule has 2 heterocycles. The number of aliphatic hydroxyl groups is 1. The van der Waals surface area contributed by atoms with Crippen LogP contribution in [-0.2, 0) is 17.8 Å². The predicted octanol–water partition coefficient (Wildman–Crippen LogP) is 3.13. The molecule has 3 aromatic rings. The average Bonchev–Trinajstić information content (AvgIpc) is 3.26. The predicted molar refractivity (Wildman–Crippen MR) is 122 cm³/mol. The number of halogens is 1. The zero-order chi connectivity index (χ0) is 22.9. The maximum absolute atomic E-state index is 13.1. The lowest BCUT2D eigenvalue weighted by molar-refractivity contribution is -0.0646. The third-order valence-corrected chi connectivity index (χ3v) is 5.43. The van der Waals surface area contributed by atoms with Crippen molar-refractivity contribution in [2.24, 2.45) is 0 Å². The van der Waals surface area contributed by atoms with E-state index < -0.39 is 5.60 Å². The topological polar surface area (TPSA) is 69.0 Å². The molecular weight excluding hydrogens is 425 g/mol. The molecule has 4 rings (SSSR count). The van der Waals surface area contributed by atoms with Gasteiger partial charge in [-0.15, -0.1) is 0 Å². The standard InChI is InChI=1S/C25H30FN3O4/c26-22-6-8-23(9-7-22)33-20-25(30)18-28(13-15-31-19-25)17-21-4-1-5-24(16-21)32-14-3-12-29-11-2-10-27-29/h1-2,4-11,16,30H,3,12-15,17-20H2/t25-/m1/s1. The van der Waals surface area contributed by atoms with E-state index in [4.69, 9.17) is 14.2 Å². The monoisotopic (exact) mass is 455 g/mol. The van der Waals surface area contributed by atoms with Gasteiger partial charge in [0.1, 0.15) is 29.5 Å². The van der Waals surface area contributed by atoms with Gasteiger partial charge in [0.05, 0.1) is 19.8 Å². The molecule has 1 aliphatic heterocycles. The molecule has 1 aliphatic rings. The highest BCUT2D eigenvalue weighted by Gasteiger charge is 2.33. The highest BCUT2D eigenvalue weighted by atomic mass is 19.1. The van der Waals surface area contributed by atoms with E-state index in [2.05, 4.69) is 16.1 Å². The summed E-state index contributed by atoms with van der Waals surface area (Å²) in [5.74, 6) is 1.01. The van der Waals surface area contributed by atoms with Gasteiger partial charge in [-0.2, -0.15) is 5.10 Å². The fraction of sp³-hybridized carbons (Fsp3) is 0.400. The molecule has 0 bridgehead atoms. The summed E-state index contributed by atoms with van der Waals surface area (Å²) < 4.78 is 32.3. The van der Waals surface area contributed by atoms with Crippen molar-refractivity contribution in [1.29, 1.82) is 0 Å². The van der Waals surface area contributed by atoms with E-state index in [0.29, 0.717) is 38.6 Å². The Kier molecular flexibility index (Phi) is 7.93. The molecule has 1 N–H and O–H groups in total. The Balaban J connectivity index is 1.28. The van der Waals surface area contributed by atoms with Crippen molar-refractivity contribution in [3.8, 4) is 11.5 Å². The van der Waals surface area contributed by atoms with Crippen LogP contribution in [0.2, 0.25) is 0 Å². The van der Waals surface area contributed by atoms with E-state index >= 15 is 0 Å². The van der Waals surface area contributed by atoms with Crippen molar-refractivity contribution in [1.82, 2.24) is 14.7 Å². The number of aromatic nitrogens is 2. The molecule has 7 nitrogen and oxygen atoms in total. The molecule has 8 heteroatoms. The van der Waals surface area contributed by atoms with Crippen LogP contribution in [0.1, 0.15) is 12.0 Å². The second kappa shape index (κ2) is 11.3. The van der Waals surface area contributed by atoms with E-state index in [-0.39, 0.29) is 19.0 Å². The molecule has 0 spiro atoms. The maximum Gasteiger partial charge on any atom is 0.134 e. The average molecular weight is 456 g/mol. The van der Waals surface area contributed by atoms with Crippen molar-refractivity contribution in [2.75, 3.05) is 39.5 Å². The van der Waals surface area contributed by atoms with Gasteiger partial charge in [-0.1, -0.05) is 12.1 Å². The molecule has 0 radical (unpaired) electrons. The third kappa shape index (κ3) is 7.28. The van der Waals surface area contributed by atoms with E-state index in [1.807, 2.05) is 35.1 Å². The molecule has 0 amide bonds. The Morgan fingerprint density at radius 2 is 1.97 bits per heavy atom. The minimum absolute atomic E-state index is 0.0640. The SMILES string of the molecule is O[C@@]1(COc2ccc(F)cc2)COCCN(Cc2cccc(OCCCn3cccn3)c2)C1. The number of benzene rings is 2. The Bertz CT molecular complexity index is 984. The van der Waals surface area contributed by atoms with E-state index in [1.54, 1.807) is 18.3 Å². The number of aryl methyl sites for hydroxylation is 1. The minimum Gasteiger partial charge on any atom is -0.494 e. The summed E-state index contributed by atoms with van der Waals surface area (Å²) in [6.07, 6.45) is 4.59. The second-order valence-electron chi connectivity index (χ2n) is 8.35. The van der Waals surface area contributed by atoms with Crippen molar-refractivity contribution in [2.45, 2.75) is 25.1 Å². The van der Waals surface area contributed by atoms with Crippen LogP contribution in [0.5, 0.6) is 11.5 Å². The molecule has 33 heavy (non-hydrogen) atoms. The van der Waals surface area contributed by atoms with Gasteiger partial charge >= 0.3 is 0 Å². The van der Waals surface area contributed by atoms with Gasteiger partial charge in [0.15, 0.2) is 0 Å². The largest absolute Gasteiger partial charge is 0.494 e. The van der Waals surface area contributed by atoms with Crippen LogP contribution in [0.25, 0.3) is 0 Å². The molecule has 1 saturated heterocycles. The van der Waals surface area contributed by atoms with Crippen LogP contribution < -0.4 is 9.47 Å². The summed E-state index contributed by atoms with van der Waals surface area (Å²) in [5.41, 5.74) is -0.0610. The van der Waals surface area contributed by atoms with Crippen molar-refractivity contribution >= 4 is 0 Å². The van der Waals surface area contributed by atoms with Gasteiger partial charge in [0, 0.05) is 45.0 Å². The lowest BCUT2D eigenvalue weighted by Gasteiger charge is -2.30. The van der Waals surface area contributed by atoms with Gasteiger partial charge < -0.3 is 19.3 Å². The zero-order valence-corrected chi connectivity index (χ0v) is 18.6. The first kappa shape index (κ1) is 23.2. The normalized spacial score (nSPS) is 19.2. The van der Waals surface area contributed by atoms with Crippen LogP contribution in [0.15, 0.2) is 67.0 Å². The smallest absolute Gasteiger partial charge is 0.134 e. The zero-order valence-electron chi connectivity index (χ0n) is 18.6. The number of ether oxygens (including phenoxy) is 3. The molecule has 176 valence electrons. The van der Waals surface area contributed by atoms with Gasteiger partial charge in [0.2, 0.25) is 0 Å². The lowest BCUT2D eigenvalue weighted by Crippen LogP contribution is -2.48. The summed E-state index contributed by atoms with van der Waals surface area (Å²) in [4.78, 5) is 2.15. The van der Waals surface area contributed by atoms with Crippen LogP contribution in [0, 0.1) is 5.82 Å². The third-order valence-electron chi connectivity index (χ3n) is 5.43. The lowest BCUT2D eigenvalue weighted by atomic mass is 10.1. The van der Waals surface area contributed by atoms with Gasteiger partial charge in [-0.25, -0.2) is 4.39 Å². The molecule has 1 aromatic heterocycles. The summed E-state index contributed by atoms with van der Waals surface area (Å²) in [6, 6.07) is 15.7. The van der Waals surface area contributed by atoms with Crippen molar-refractivity contribution in [3.63, 3.8) is 0 Å². The summed E-state index contributed by atoms with van der Waals surface area (Å²) >= 11 is 0. The fourth-order valence-electron chi connectivity index (χ4n) is 3.81. The fourth-order valence-corrected chi connectivity index (χ4v) is 3.81. The number of rotatable bonds is 10. The van der Waals surface area contributed by atoms with Crippen molar-refractivity contribution in [3.05, 3.63) is 78.4 Å².